The molecule has 2 heterocycles. The second-order valence-electron chi connectivity index (χ2n) is 4.11. The summed E-state index contributed by atoms with van der Waals surface area (Å²) in [5.41, 5.74) is 0.312. The average molecular weight is 220 g/mol. The van der Waals surface area contributed by atoms with Gasteiger partial charge in [0.15, 0.2) is 0 Å². The van der Waals surface area contributed by atoms with Gasteiger partial charge in [-0.25, -0.2) is 9.78 Å². The predicted molar refractivity (Wildman–Crippen MR) is 61.9 cm³/mol. The maximum absolute atomic E-state index is 10.9. The number of pyridine rings is 1. The standard InChI is InChI=1S/C12H16N2O2/c1-2-10-4-3-7-14(10)11-8-9(12(15)16)5-6-13-11/h5-6,8,10H,2-4,7H2,1H3,(H,15,16)/t10-/m0/s1. The lowest BCUT2D eigenvalue weighted by molar-refractivity contribution is 0.0697. The zero-order valence-corrected chi connectivity index (χ0v) is 9.39. The number of rotatable bonds is 3. The lowest BCUT2D eigenvalue weighted by Gasteiger charge is -2.24. The number of carboxylic acids is 1. The molecule has 4 nitrogen and oxygen atoms in total. The van der Waals surface area contributed by atoms with Crippen LogP contribution in [0.2, 0.25) is 0 Å². The van der Waals surface area contributed by atoms with Crippen molar-refractivity contribution in [1.82, 2.24) is 4.98 Å². The molecule has 86 valence electrons. The van der Waals surface area contributed by atoms with Gasteiger partial charge in [-0.2, -0.15) is 0 Å². The lowest BCUT2D eigenvalue weighted by Crippen LogP contribution is -2.29. The van der Waals surface area contributed by atoms with Crippen LogP contribution < -0.4 is 4.90 Å². The third-order valence-electron chi connectivity index (χ3n) is 3.14. The fraction of sp³-hybridized carbons (Fsp3) is 0.500. The quantitative estimate of drug-likeness (QED) is 0.848. The number of aromatic carboxylic acids is 1. The zero-order valence-electron chi connectivity index (χ0n) is 9.39. The monoisotopic (exact) mass is 220 g/mol. The van der Waals surface area contributed by atoms with Gasteiger partial charge in [-0.3, -0.25) is 0 Å². The van der Waals surface area contributed by atoms with Crippen LogP contribution in [0.15, 0.2) is 18.3 Å². The first-order valence-corrected chi connectivity index (χ1v) is 5.68. The van der Waals surface area contributed by atoms with Gasteiger partial charge in [0, 0.05) is 18.8 Å². The minimum atomic E-state index is -0.893. The Morgan fingerprint density at radius 2 is 2.50 bits per heavy atom. The molecule has 0 saturated carbocycles. The molecule has 4 heteroatoms. The van der Waals surface area contributed by atoms with Crippen LogP contribution in [-0.4, -0.2) is 28.6 Å². The lowest BCUT2D eigenvalue weighted by atomic mass is 10.1. The van der Waals surface area contributed by atoms with Crippen LogP contribution in [0.25, 0.3) is 0 Å². The summed E-state index contributed by atoms with van der Waals surface area (Å²) in [6.07, 6.45) is 5.00. The van der Waals surface area contributed by atoms with Gasteiger partial charge in [0.25, 0.3) is 0 Å². The Hall–Kier alpha value is -1.58. The number of aromatic nitrogens is 1. The van der Waals surface area contributed by atoms with Crippen molar-refractivity contribution in [2.45, 2.75) is 32.2 Å². The molecule has 0 aromatic carbocycles. The molecule has 1 atom stereocenters. The first kappa shape index (κ1) is 10.9. The summed E-state index contributed by atoms with van der Waals surface area (Å²) < 4.78 is 0. The van der Waals surface area contributed by atoms with E-state index in [1.54, 1.807) is 12.3 Å². The summed E-state index contributed by atoms with van der Waals surface area (Å²) in [4.78, 5) is 17.4. The Morgan fingerprint density at radius 1 is 1.69 bits per heavy atom. The zero-order chi connectivity index (χ0) is 11.5. The molecule has 0 unspecified atom stereocenters. The van der Waals surface area contributed by atoms with Crippen LogP contribution in [0.3, 0.4) is 0 Å². The molecular weight excluding hydrogens is 204 g/mol. The fourth-order valence-corrected chi connectivity index (χ4v) is 2.27. The van der Waals surface area contributed by atoms with Crippen LogP contribution >= 0.6 is 0 Å². The van der Waals surface area contributed by atoms with Gasteiger partial charge < -0.3 is 10.0 Å². The molecule has 1 N–H and O–H groups in total. The van der Waals surface area contributed by atoms with Gasteiger partial charge in [0.2, 0.25) is 0 Å². The van der Waals surface area contributed by atoms with Crippen molar-refractivity contribution in [3.63, 3.8) is 0 Å². The van der Waals surface area contributed by atoms with Crippen LogP contribution in [0.5, 0.6) is 0 Å². The molecule has 1 aromatic heterocycles. The summed E-state index contributed by atoms with van der Waals surface area (Å²) >= 11 is 0. The summed E-state index contributed by atoms with van der Waals surface area (Å²) in [6, 6.07) is 3.70. The third-order valence-corrected chi connectivity index (χ3v) is 3.14. The molecule has 0 spiro atoms. The highest BCUT2D eigenvalue weighted by atomic mass is 16.4. The van der Waals surface area contributed by atoms with Crippen molar-refractivity contribution in [3.8, 4) is 0 Å². The molecule has 0 bridgehead atoms. The Balaban J connectivity index is 2.26. The molecule has 1 fully saturated rings. The smallest absolute Gasteiger partial charge is 0.335 e. The largest absolute Gasteiger partial charge is 0.478 e. The molecule has 2 rings (SSSR count). The maximum atomic E-state index is 10.9. The van der Waals surface area contributed by atoms with Gasteiger partial charge in [0.1, 0.15) is 5.82 Å². The SMILES string of the molecule is CC[C@H]1CCCN1c1cc(C(=O)O)ccn1. The number of anilines is 1. The minimum Gasteiger partial charge on any atom is -0.478 e. The average Bonchev–Trinajstić information content (AvgIpc) is 2.77. The molecule has 0 radical (unpaired) electrons. The van der Waals surface area contributed by atoms with E-state index in [-0.39, 0.29) is 0 Å². The second kappa shape index (κ2) is 4.51. The Kier molecular flexibility index (Phi) is 3.08. The number of hydrogen-bond donors (Lipinski definition) is 1. The van der Waals surface area contributed by atoms with Gasteiger partial charge in [-0.1, -0.05) is 6.92 Å². The number of carbonyl (C=O) groups is 1. The fourth-order valence-electron chi connectivity index (χ4n) is 2.27. The van der Waals surface area contributed by atoms with E-state index in [9.17, 15) is 4.79 Å². The summed E-state index contributed by atoms with van der Waals surface area (Å²) in [7, 11) is 0. The van der Waals surface area contributed by atoms with E-state index in [1.807, 2.05) is 0 Å². The van der Waals surface area contributed by atoms with E-state index >= 15 is 0 Å². The number of hydrogen-bond acceptors (Lipinski definition) is 3. The summed E-state index contributed by atoms with van der Waals surface area (Å²) in [6.45, 7) is 3.14. The van der Waals surface area contributed by atoms with Gasteiger partial charge >= 0.3 is 5.97 Å². The van der Waals surface area contributed by atoms with Gasteiger partial charge in [-0.15, -0.1) is 0 Å². The van der Waals surface area contributed by atoms with Gasteiger partial charge in [0.05, 0.1) is 5.56 Å². The highest BCUT2D eigenvalue weighted by Crippen LogP contribution is 2.25. The van der Waals surface area contributed by atoms with E-state index < -0.39 is 5.97 Å². The number of carboxylic acid groups (broad SMARTS) is 1. The van der Waals surface area contributed by atoms with Crippen LogP contribution in [0.4, 0.5) is 5.82 Å². The van der Waals surface area contributed by atoms with E-state index in [2.05, 4.69) is 16.8 Å². The molecule has 1 aliphatic heterocycles. The first-order chi connectivity index (χ1) is 7.72. The van der Waals surface area contributed by atoms with Crippen molar-refractivity contribution in [2.75, 3.05) is 11.4 Å². The topological polar surface area (TPSA) is 53.4 Å². The van der Waals surface area contributed by atoms with Crippen molar-refractivity contribution in [3.05, 3.63) is 23.9 Å². The van der Waals surface area contributed by atoms with E-state index in [4.69, 9.17) is 5.11 Å². The minimum absolute atomic E-state index is 0.312. The van der Waals surface area contributed by atoms with Crippen LogP contribution in [0.1, 0.15) is 36.5 Å². The molecule has 1 aliphatic rings. The summed E-state index contributed by atoms with van der Waals surface area (Å²) in [5, 5.41) is 8.93. The van der Waals surface area contributed by atoms with Gasteiger partial charge in [-0.05, 0) is 31.4 Å². The normalized spacial score (nSPS) is 20.1. The highest BCUT2D eigenvalue weighted by molar-refractivity contribution is 5.88. The van der Waals surface area contributed by atoms with Crippen molar-refractivity contribution >= 4 is 11.8 Å². The molecule has 1 saturated heterocycles. The predicted octanol–water partition coefficient (Wildman–Crippen LogP) is 2.16. The van der Waals surface area contributed by atoms with E-state index in [1.165, 1.54) is 12.5 Å². The molecule has 16 heavy (non-hydrogen) atoms. The molecule has 0 aliphatic carbocycles. The summed E-state index contributed by atoms with van der Waals surface area (Å²) in [5.74, 6) is -0.0971. The first-order valence-electron chi connectivity index (χ1n) is 5.68. The van der Waals surface area contributed by atoms with Crippen molar-refractivity contribution < 1.29 is 9.90 Å². The maximum Gasteiger partial charge on any atom is 0.335 e. The third kappa shape index (κ3) is 2.01. The van der Waals surface area contributed by atoms with Crippen LogP contribution in [-0.2, 0) is 0 Å². The Bertz CT molecular complexity index is 392. The van der Waals surface area contributed by atoms with Crippen molar-refractivity contribution in [1.29, 1.82) is 0 Å². The van der Waals surface area contributed by atoms with Crippen molar-refractivity contribution in [2.24, 2.45) is 0 Å². The number of nitrogens with zero attached hydrogens (tertiary/aromatic N) is 2. The second-order valence-corrected chi connectivity index (χ2v) is 4.11. The van der Waals surface area contributed by atoms with E-state index in [0.29, 0.717) is 11.6 Å². The molecule has 0 amide bonds. The van der Waals surface area contributed by atoms with E-state index in [0.717, 1.165) is 25.2 Å². The molecule has 1 aromatic rings. The Morgan fingerprint density at radius 3 is 3.19 bits per heavy atom. The highest BCUT2D eigenvalue weighted by Gasteiger charge is 2.24. The Labute approximate surface area is 94.9 Å². The molecular formula is C12H16N2O2. The van der Waals surface area contributed by atoms with Crippen LogP contribution in [0, 0.1) is 0 Å².